The highest BCUT2D eigenvalue weighted by Crippen LogP contribution is 2.12. The highest BCUT2D eigenvalue weighted by Gasteiger charge is 2.20. The van der Waals surface area contributed by atoms with Crippen LogP contribution in [0.5, 0.6) is 0 Å². The standard InChI is InChI=1S/C17H35NO3/c1-6-7-8-9-10-11-12-13-15(19)14(2)18-16(20)21-17(3,4)5/h14-15,19H,6-13H2,1-5H3,(H,18,20). The van der Waals surface area contributed by atoms with Gasteiger partial charge in [-0.15, -0.1) is 0 Å². The summed E-state index contributed by atoms with van der Waals surface area (Å²) in [6.45, 7) is 9.51. The van der Waals surface area contributed by atoms with Crippen molar-refractivity contribution in [2.24, 2.45) is 0 Å². The molecule has 0 aliphatic rings. The minimum absolute atomic E-state index is 0.278. The number of ether oxygens (including phenoxy) is 1. The van der Waals surface area contributed by atoms with Crippen molar-refractivity contribution in [2.45, 2.75) is 104 Å². The molecular formula is C17H35NO3. The van der Waals surface area contributed by atoms with Crippen molar-refractivity contribution in [2.75, 3.05) is 0 Å². The lowest BCUT2D eigenvalue weighted by Crippen LogP contribution is -2.43. The Balaban J connectivity index is 3.70. The highest BCUT2D eigenvalue weighted by atomic mass is 16.6. The van der Waals surface area contributed by atoms with Gasteiger partial charge in [0.05, 0.1) is 12.1 Å². The van der Waals surface area contributed by atoms with E-state index in [1.165, 1.54) is 32.1 Å². The predicted octanol–water partition coefficient (Wildman–Crippen LogP) is 4.40. The van der Waals surface area contributed by atoms with Gasteiger partial charge in [0, 0.05) is 0 Å². The molecule has 0 saturated heterocycles. The van der Waals surface area contributed by atoms with Gasteiger partial charge in [-0.05, 0) is 34.1 Å². The largest absolute Gasteiger partial charge is 0.444 e. The molecule has 4 heteroatoms. The molecule has 0 radical (unpaired) electrons. The molecule has 0 aliphatic heterocycles. The van der Waals surface area contributed by atoms with Gasteiger partial charge in [-0.25, -0.2) is 4.79 Å². The van der Waals surface area contributed by atoms with Crippen LogP contribution in [-0.2, 0) is 4.74 Å². The zero-order valence-electron chi connectivity index (χ0n) is 14.6. The van der Waals surface area contributed by atoms with E-state index in [1.54, 1.807) is 0 Å². The van der Waals surface area contributed by atoms with Crippen LogP contribution in [0.15, 0.2) is 0 Å². The Morgan fingerprint density at radius 2 is 1.62 bits per heavy atom. The normalized spacial score (nSPS) is 14.6. The minimum atomic E-state index is -0.507. The van der Waals surface area contributed by atoms with Crippen molar-refractivity contribution in [1.29, 1.82) is 0 Å². The van der Waals surface area contributed by atoms with Crippen molar-refractivity contribution < 1.29 is 14.6 Å². The molecule has 0 spiro atoms. The fourth-order valence-electron chi connectivity index (χ4n) is 2.15. The van der Waals surface area contributed by atoms with Crippen LogP contribution in [0.3, 0.4) is 0 Å². The number of carbonyl (C=O) groups excluding carboxylic acids is 1. The molecule has 0 aromatic rings. The van der Waals surface area contributed by atoms with Gasteiger partial charge in [0.25, 0.3) is 0 Å². The third-order valence-corrected chi connectivity index (χ3v) is 3.43. The van der Waals surface area contributed by atoms with Crippen LogP contribution in [0.25, 0.3) is 0 Å². The summed E-state index contributed by atoms with van der Waals surface area (Å²) in [6.07, 6.45) is 8.35. The average Bonchev–Trinajstić information content (AvgIpc) is 2.34. The molecule has 0 aliphatic carbocycles. The van der Waals surface area contributed by atoms with Gasteiger partial charge in [-0.2, -0.15) is 0 Å². The van der Waals surface area contributed by atoms with Gasteiger partial charge in [0.2, 0.25) is 0 Å². The minimum Gasteiger partial charge on any atom is -0.444 e. The van der Waals surface area contributed by atoms with Crippen molar-refractivity contribution in [3.8, 4) is 0 Å². The maximum absolute atomic E-state index is 11.6. The number of nitrogens with one attached hydrogen (secondary N) is 1. The van der Waals surface area contributed by atoms with Crippen LogP contribution in [-0.4, -0.2) is 28.9 Å². The second kappa shape index (κ2) is 10.9. The van der Waals surface area contributed by atoms with Gasteiger partial charge in [0.1, 0.15) is 5.60 Å². The molecule has 0 fully saturated rings. The monoisotopic (exact) mass is 301 g/mol. The Labute approximate surface area is 130 Å². The molecule has 2 N–H and O–H groups in total. The molecule has 2 unspecified atom stereocenters. The maximum atomic E-state index is 11.6. The van der Waals surface area contributed by atoms with Crippen LogP contribution < -0.4 is 5.32 Å². The fraction of sp³-hybridized carbons (Fsp3) is 0.941. The molecule has 4 nitrogen and oxygen atoms in total. The van der Waals surface area contributed by atoms with E-state index in [1.807, 2.05) is 27.7 Å². The smallest absolute Gasteiger partial charge is 0.407 e. The van der Waals surface area contributed by atoms with E-state index in [-0.39, 0.29) is 6.04 Å². The number of rotatable bonds is 10. The van der Waals surface area contributed by atoms with E-state index < -0.39 is 17.8 Å². The van der Waals surface area contributed by atoms with Gasteiger partial charge < -0.3 is 15.2 Å². The SMILES string of the molecule is CCCCCCCCCC(O)C(C)NC(=O)OC(C)(C)C. The molecule has 1 amide bonds. The lowest BCUT2D eigenvalue weighted by atomic mass is 10.0. The van der Waals surface area contributed by atoms with Crippen LogP contribution in [0, 0.1) is 0 Å². The van der Waals surface area contributed by atoms with E-state index in [9.17, 15) is 9.90 Å². The predicted molar refractivity (Wildman–Crippen MR) is 87.4 cm³/mol. The molecule has 0 rings (SSSR count). The Morgan fingerprint density at radius 3 is 2.14 bits per heavy atom. The molecule has 0 heterocycles. The number of hydrogen-bond acceptors (Lipinski definition) is 3. The molecule has 0 saturated carbocycles. The lowest BCUT2D eigenvalue weighted by Gasteiger charge is -2.24. The van der Waals surface area contributed by atoms with E-state index >= 15 is 0 Å². The van der Waals surface area contributed by atoms with Crippen molar-refractivity contribution in [3.63, 3.8) is 0 Å². The highest BCUT2D eigenvalue weighted by molar-refractivity contribution is 5.68. The molecule has 0 aromatic heterocycles. The summed E-state index contributed by atoms with van der Waals surface area (Å²) in [4.78, 5) is 11.6. The maximum Gasteiger partial charge on any atom is 0.407 e. The summed E-state index contributed by atoms with van der Waals surface area (Å²) < 4.78 is 5.18. The first-order chi connectivity index (χ1) is 9.76. The van der Waals surface area contributed by atoms with Crippen LogP contribution in [0.2, 0.25) is 0 Å². The summed E-state index contributed by atoms with van der Waals surface area (Å²) in [6, 6.07) is -0.278. The number of unbranched alkanes of at least 4 members (excludes halogenated alkanes) is 6. The first-order valence-corrected chi connectivity index (χ1v) is 8.44. The second-order valence-corrected chi connectivity index (χ2v) is 6.91. The van der Waals surface area contributed by atoms with Crippen molar-refractivity contribution >= 4 is 6.09 Å². The van der Waals surface area contributed by atoms with E-state index in [0.717, 1.165) is 19.3 Å². The molecule has 21 heavy (non-hydrogen) atoms. The summed E-state index contributed by atoms with van der Waals surface area (Å²) in [5, 5.41) is 12.7. The lowest BCUT2D eigenvalue weighted by molar-refractivity contribution is 0.0426. The fourth-order valence-corrected chi connectivity index (χ4v) is 2.15. The number of hydrogen-bond donors (Lipinski definition) is 2. The van der Waals surface area contributed by atoms with E-state index in [0.29, 0.717) is 0 Å². The molecular weight excluding hydrogens is 266 g/mol. The zero-order chi connectivity index (χ0) is 16.3. The number of aliphatic hydroxyl groups is 1. The Bertz CT molecular complexity index is 274. The number of alkyl carbamates (subject to hydrolysis) is 1. The Hall–Kier alpha value is -0.770. The van der Waals surface area contributed by atoms with Crippen LogP contribution in [0.1, 0.15) is 86.0 Å². The van der Waals surface area contributed by atoms with Gasteiger partial charge in [-0.3, -0.25) is 0 Å². The first-order valence-electron chi connectivity index (χ1n) is 8.44. The number of amides is 1. The third kappa shape index (κ3) is 12.7. The van der Waals surface area contributed by atoms with Crippen LogP contribution >= 0.6 is 0 Å². The molecule has 2 atom stereocenters. The van der Waals surface area contributed by atoms with Gasteiger partial charge in [0.15, 0.2) is 0 Å². The van der Waals surface area contributed by atoms with Crippen LogP contribution in [0.4, 0.5) is 4.79 Å². The van der Waals surface area contributed by atoms with E-state index in [4.69, 9.17) is 4.74 Å². The third-order valence-electron chi connectivity index (χ3n) is 3.43. The van der Waals surface area contributed by atoms with E-state index in [2.05, 4.69) is 12.2 Å². The summed E-state index contributed by atoms with van der Waals surface area (Å²) in [5.74, 6) is 0. The summed E-state index contributed by atoms with van der Waals surface area (Å²) >= 11 is 0. The summed E-state index contributed by atoms with van der Waals surface area (Å²) in [5.41, 5.74) is -0.507. The number of aliphatic hydroxyl groups excluding tert-OH is 1. The number of carbonyl (C=O) groups is 1. The van der Waals surface area contributed by atoms with Crippen molar-refractivity contribution in [3.05, 3.63) is 0 Å². The zero-order valence-corrected chi connectivity index (χ0v) is 14.6. The molecule has 0 aromatic carbocycles. The first kappa shape index (κ1) is 20.2. The topological polar surface area (TPSA) is 58.6 Å². The van der Waals surface area contributed by atoms with Crippen molar-refractivity contribution in [1.82, 2.24) is 5.32 Å². The Kier molecular flexibility index (Phi) is 10.5. The second-order valence-electron chi connectivity index (χ2n) is 6.91. The molecule has 0 bridgehead atoms. The van der Waals surface area contributed by atoms with Gasteiger partial charge >= 0.3 is 6.09 Å². The summed E-state index contributed by atoms with van der Waals surface area (Å²) in [7, 11) is 0. The molecule has 126 valence electrons. The average molecular weight is 301 g/mol. The van der Waals surface area contributed by atoms with Gasteiger partial charge in [-0.1, -0.05) is 51.9 Å². The quantitative estimate of drug-likeness (QED) is 0.588. The Morgan fingerprint density at radius 1 is 1.10 bits per heavy atom.